The summed E-state index contributed by atoms with van der Waals surface area (Å²) in [5.41, 5.74) is 0.463. The number of methoxy groups -OCH3 is 1. The lowest BCUT2D eigenvalue weighted by Crippen LogP contribution is -2.37. The zero-order valence-electron chi connectivity index (χ0n) is 14.4. The Morgan fingerprint density at radius 2 is 2.00 bits per heavy atom. The highest BCUT2D eigenvalue weighted by Gasteiger charge is 2.58. The van der Waals surface area contributed by atoms with Crippen LogP contribution < -0.4 is 0 Å². The molecule has 2 saturated heterocycles. The van der Waals surface area contributed by atoms with E-state index >= 15 is 0 Å². The number of nitriles is 1. The molecule has 24 heavy (non-hydrogen) atoms. The van der Waals surface area contributed by atoms with Gasteiger partial charge in [0.2, 0.25) is 0 Å². The maximum atomic E-state index is 11.3. The fourth-order valence-electron chi connectivity index (χ4n) is 3.83. The second-order valence-corrected chi connectivity index (χ2v) is 6.81. The summed E-state index contributed by atoms with van der Waals surface area (Å²) in [5, 5.41) is 9.61. The van der Waals surface area contributed by atoms with Crippen molar-refractivity contribution >= 4 is 5.97 Å². The van der Waals surface area contributed by atoms with Gasteiger partial charge in [-0.1, -0.05) is 0 Å². The van der Waals surface area contributed by atoms with Crippen LogP contribution in [0.2, 0.25) is 0 Å². The summed E-state index contributed by atoms with van der Waals surface area (Å²) in [6.07, 6.45) is 0.586. The Kier molecular flexibility index (Phi) is 4.67. The Hall–Kier alpha value is -1.46. The topological polar surface area (TPSA) is 87.0 Å². The Morgan fingerprint density at radius 3 is 2.62 bits per heavy atom. The van der Waals surface area contributed by atoms with Crippen molar-refractivity contribution in [2.24, 2.45) is 5.92 Å². The number of allylic oxidation sites excluding steroid dienone is 1. The third-order valence-electron chi connectivity index (χ3n) is 4.65. The van der Waals surface area contributed by atoms with Crippen molar-refractivity contribution < 1.29 is 28.5 Å². The van der Waals surface area contributed by atoms with Crippen molar-refractivity contribution in [2.75, 3.05) is 7.11 Å². The molecule has 0 radical (unpaired) electrons. The zero-order chi connectivity index (χ0) is 17.5. The number of rotatable bonds is 3. The highest BCUT2D eigenvalue weighted by Crippen LogP contribution is 2.45. The van der Waals surface area contributed by atoms with Gasteiger partial charge in [0, 0.05) is 26.4 Å². The van der Waals surface area contributed by atoms with Crippen molar-refractivity contribution in [1.82, 2.24) is 0 Å². The molecule has 0 N–H and O–H groups in total. The number of esters is 1. The summed E-state index contributed by atoms with van der Waals surface area (Å²) in [4.78, 5) is 11.3. The van der Waals surface area contributed by atoms with Gasteiger partial charge in [-0.25, -0.2) is 0 Å². The normalized spacial score (nSPS) is 37.9. The van der Waals surface area contributed by atoms with Crippen LogP contribution in [0.5, 0.6) is 0 Å². The van der Waals surface area contributed by atoms with E-state index in [1.807, 2.05) is 13.8 Å². The van der Waals surface area contributed by atoms with E-state index in [1.165, 1.54) is 6.92 Å². The number of fused-ring (bicyclic) bond motifs is 1. The van der Waals surface area contributed by atoms with E-state index in [2.05, 4.69) is 6.07 Å². The van der Waals surface area contributed by atoms with Crippen LogP contribution in [0.1, 0.15) is 40.0 Å². The summed E-state index contributed by atoms with van der Waals surface area (Å²) >= 11 is 0. The van der Waals surface area contributed by atoms with Gasteiger partial charge in [0.25, 0.3) is 0 Å². The van der Waals surface area contributed by atoms with Gasteiger partial charge in [-0.15, -0.1) is 0 Å². The zero-order valence-corrected chi connectivity index (χ0v) is 14.4. The molecule has 132 valence electrons. The van der Waals surface area contributed by atoms with Gasteiger partial charge in [-0.3, -0.25) is 4.79 Å². The van der Waals surface area contributed by atoms with Gasteiger partial charge in [0.1, 0.15) is 18.0 Å². The molecule has 0 amide bonds. The molecule has 1 unspecified atom stereocenters. The molecule has 0 bridgehead atoms. The van der Waals surface area contributed by atoms with Crippen LogP contribution in [0.25, 0.3) is 0 Å². The standard InChI is InChI=1S/C17H23NO6/c1-9(19)21-12-7-5-6-10(11(12)8-18)13-14-15(16(20-4)22-13)24-17(2,3)23-14/h10,13-16H,5-7H2,1-4H3/t10?,13-,14-,15-,16-/m1/s1. The predicted octanol–water partition coefficient (Wildman–Crippen LogP) is 2.02. The lowest BCUT2D eigenvalue weighted by atomic mass is 9.81. The number of hydrogen-bond donors (Lipinski definition) is 0. The van der Waals surface area contributed by atoms with Crippen LogP contribution in [-0.4, -0.2) is 43.5 Å². The van der Waals surface area contributed by atoms with E-state index in [1.54, 1.807) is 7.11 Å². The SMILES string of the molecule is CO[C@@H]1O[C@H](C2CCCC(OC(C)=O)=C2C#N)[C@H]2OC(C)(C)O[C@@H]12. The smallest absolute Gasteiger partial charge is 0.307 e. The van der Waals surface area contributed by atoms with Gasteiger partial charge < -0.3 is 23.7 Å². The molecule has 2 heterocycles. The minimum atomic E-state index is -0.724. The quantitative estimate of drug-likeness (QED) is 0.728. The highest BCUT2D eigenvalue weighted by molar-refractivity contribution is 5.67. The number of carbonyl (C=O) groups is 1. The molecule has 3 aliphatic rings. The van der Waals surface area contributed by atoms with Gasteiger partial charge in [-0.05, 0) is 26.7 Å². The first-order valence-corrected chi connectivity index (χ1v) is 8.21. The maximum absolute atomic E-state index is 11.3. The summed E-state index contributed by atoms with van der Waals surface area (Å²) in [6.45, 7) is 5.04. The summed E-state index contributed by atoms with van der Waals surface area (Å²) in [7, 11) is 1.56. The Bertz CT molecular complexity index is 592. The van der Waals surface area contributed by atoms with Crippen LogP contribution in [0.4, 0.5) is 0 Å². The molecular weight excluding hydrogens is 314 g/mol. The second kappa shape index (κ2) is 6.45. The minimum Gasteiger partial charge on any atom is -0.430 e. The number of carbonyl (C=O) groups excluding carboxylic acids is 1. The van der Waals surface area contributed by atoms with Gasteiger partial charge in [-0.2, -0.15) is 5.26 Å². The van der Waals surface area contributed by atoms with Crippen molar-refractivity contribution in [1.29, 1.82) is 5.26 Å². The molecule has 7 heteroatoms. The summed E-state index contributed by atoms with van der Waals surface area (Å²) in [5.74, 6) is -0.901. The molecule has 5 atom stereocenters. The maximum Gasteiger partial charge on any atom is 0.307 e. The van der Waals surface area contributed by atoms with E-state index in [0.717, 1.165) is 12.8 Å². The number of ether oxygens (including phenoxy) is 5. The first-order chi connectivity index (χ1) is 11.4. The Balaban J connectivity index is 1.90. The average Bonchev–Trinajstić information content (AvgIpc) is 2.99. The van der Waals surface area contributed by atoms with Crippen LogP contribution in [-0.2, 0) is 28.5 Å². The Morgan fingerprint density at radius 1 is 1.29 bits per heavy atom. The lowest BCUT2D eigenvalue weighted by Gasteiger charge is -2.31. The van der Waals surface area contributed by atoms with E-state index in [9.17, 15) is 10.1 Å². The fourth-order valence-corrected chi connectivity index (χ4v) is 3.83. The largest absolute Gasteiger partial charge is 0.430 e. The molecule has 1 aliphatic carbocycles. The monoisotopic (exact) mass is 337 g/mol. The Labute approximate surface area is 141 Å². The first-order valence-electron chi connectivity index (χ1n) is 8.21. The molecule has 0 saturated carbocycles. The van der Waals surface area contributed by atoms with E-state index in [0.29, 0.717) is 17.8 Å². The third kappa shape index (κ3) is 3.07. The molecule has 2 fully saturated rings. The molecule has 3 rings (SSSR count). The molecule has 0 spiro atoms. The third-order valence-corrected chi connectivity index (χ3v) is 4.65. The lowest BCUT2D eigenvalue weighted by molar-refractivity contribution is -0.231. The molecule has 0 aromatic heterocycles. The summed E-state index contributed by atoms with van der Waals surface area (Å²) < 4.78 is 28.5. The van der Waals surface area contributed by atoms with E-state index < -0.39 is 18.0 Å². The minimum absolute atomic E-state index is 0.205. The molecule has 2 aliphatic heterocycles. The fraction of sp³-hybridized carbons (Fsp3) is 0.765. The summed E-state index contributed by atoms with van der Waals surface area (Å²) in [6, 6.07) is 2.21. The van der Waals surface area contributed by atoms with Crippen LogP contribution in [0.3, 0.4) is 0 Å². The number of hydrogen-bond acceptors (Lipinski definition) is 7. The van der Waals surface area contributed by atoms with E-state index in [-0.39, 0.29) is 24.2 Å². The van der Waals surface area contributed by atoms with Gasteiger partial charge in [0.05, 0.1) is 17.7 Å². The molecule has 0 aromatic rings. The van der Waals surface area contributed by atoms with Crippen LogP contribution >= 0.6 is 0 Å². The van der Waals surface area contributed by atoms with Gasteiger partial charge in [0.15, 0.2) is 12.1 Å². The highest BCUT2D eigenvalue weighted by atomic mass is 16.8. The number of nitrogens with zero attached hydrogens (tertiary/aromatic N) is 1. The van der Waals surface area contributed by atoms with Crippen molar-refractivity contribution in [2.45, 2.75) is 70.4 Å². The average molecular weight is 337 g/mol. The van der Waals surface area contributed by atoms with E-state index in [4.69, 9.17) is 23.7 Å². The van der Waals surface area contributed by atoms with Crippen molar-refractivity contribution in [3.05, 3.63) is 11.3 Å². The van der Waals surface area contributed by atoms with Crippen LogP contribution in [0, 0.1) is 17.2 Å². The van der Waals surface area contributed by atoms with Crippen molar-refractivity contribution in [3.63, 3.8) is 0 Å². The van der Waals surface area contributed by atoms with Gasteiger partial charge >= 0.3 is 5.97 Å². The molecule has 7 nitrogen and oxygen atoms in total. The molecular formula is C17H23NO6. The second-order valence-electron chi connectivity index (χ2n) is 6.81. The predicted molar refractivity (Wildman–Crippen MR) is 81.2 cm³/mol. The van der Waals surface area contributed by atoms with Crippen LogP contribution in [0.15, 0.2) is 11.3 Å². The van der Waals surface area contributed by atoms with Crippen molar-refractivity contribution in [3.8, 4) is 6.07 Å². The first kappa shape index (κ1) is 17.4. The molecule has 0 aromatic carbocycles.